The third-order valence-corrected chi connectivity index (χ3v) is 3.87. The van der Waals surface area contributed by atoms with Crippen LogP contribution in [-0.4, -0.2) is 39.0 Å². The smallest absolute Gasteiger partial charge is 0.437 e. The molecular formula is C21H18N4O6. The number of carbonyl (C=O) groups is 3. The summed E-state index contributed by atoms with van der Waals surface area (Å²) in [6, 6.07) is 19.0. The first-order valence-electron chi connectivity index (χ1n) is 9.08. The summed E-state index contributed by atoms with van der Waals surface area (Å²) in [5.41, 5.74) is 1.38. The normalized spacial score (nSPS) is 10.9. The van der Waals surface area contributed by atoms with Gasteiger partial charge in [-0.15, -0.1) is 10.0 Å². The third kappa shape index (κ3) is 6.00. The Morgan fingerprint density at radius 2 is 1.48 bits per heavy atom. The molecule has 0 aliphatic heterocycles. The number of amidine groups is 1. The van der Waals surface area contributed by atoms with Crippen LogP contribution in [0.25, 0.3) is 0 Å². The zero-order valence-electron chi connectivity index (χ0n) is 16.2. The lowest BCUT2D eigenvalue weighted by Gasteiger charge is -2.20. The first-order chi connectivity index (χ1) is 15.0. The minimum Gasteiger partial charge on any atom is -0.475 e. The maximum absolute atomic E-state index is 12.7. The average molecular weight is 422 g/mol. The third-order valence-electron chi connectivity index (χ3n) is 3.87. The van der Waals surface area contributed by atoms with Gasteiger partial charge in [-0.25, -0.2) is 14.4 Å². The minimum atomic E-state index is -1.65. The number of hydrogen-bond donors (Lipinski definition) is 1. The molecule has 0 bridgehead atoms. The predicted molar refractivity (Wildman–Crippen MR) is 109 cm³/mol. The van der Waals surface area contributed by atoms with Crippen molar-refractivity contribution in [3.8, 4) is 0 Å². The number of carbonyl (C=O) groups excluding carboxylic acids is 2. The second kappa shape index (κ2) is 10.3. The summed E-state index contributed by atoms with van der Waals surface area (Å²) in [5.74, 6) is -2.58. The number of amides is 2. The number of aliphatic imine (C=N–C) groups is 1. The van der Waals surface area contributed by atoms with E-state index in [0.29, 0.717) is 16.1 Å². The Labute approximate surface area is 176 Å². The fourth-order valence-corrected chi connectivity index (χ4v) is 2.45. The average Bonchev–Trinajstić information content (AvgIpc) is 3.31. The largest absolute Gasteiger partial charge is 0.475 e. The molecule has 0 aliphatic rings. The van der Waals surface area contributed by atoms with Gasteiger partial charge >= 0.3 is 18.2 Å². The maximum atomic E-state index is 12.7. The Hall–Kier alpha value is -4.47. The molecule has 1 heterocycles. The Bertz CT molecular complexity index is 1050. The standard InChI is InChI=1S/C21H18N4O6/c26-19(27)18(23-20(28)30-14-16-8-3-1-4-9-16)25(24-13-7-12-22-24)21(29)31-15-17-10-5-2-6-11-17/h1-13H,14-15H2,(H,26,27)/b23-18+. The predicted octanol–water partition coefficient (Wildman–Crippen LogP) is 2.98. The topological polar surface area (TPSA) is 123 Å². The van der Waals surface area contributed by atoms with Crippen LogP contribution in [0, 0.1) is 0 Å². The van der Waals surface area contributed by atoms with Crippen LogP contribution in [0.1, 0.15) is 11.1 Å². The van der Waals surface area contributed by atoms with Gasteiger partial charge in [0.05, 0.1) is 6.20 Å². The first-order valence-corrected chi connectivity index (χ1v) is 9.08. The second-order valence-electron chi connectivity index (χ2n) is 6.06. The Kier molecular flexibility index (Phi) is 7.09. The van der Waals surface area contributed by atoms with E-state index >= 15 is 0 Å². The highest BCUT2D eigenvalue weighted by Crippen LogP contribution is 2.06. The van der Waals surface area contributed by atoms with Crippen molar-refractivity contribution in [2.45, 2.75) is 13.2 Å². The van der Waals surface area contributed by atoms with Crippen LogP contribution in [0.2, 0.25) is 0 Å². The van der Waals surface area contributed by atoms with Crippen LogP contribution in [0.5, 0.6) is 0 Å². The van der Waals surface area contributed by atoms with E-state index in [1.165, 1.54) is 18.5 Å². The van der Waals surface area contributed by atoms with Crippen LogP contribution in [0.3, 0.4) is 0 Å². The zero-order valence-corrected chi connectivity index (χ0v) is 16.2. The van der Waals surface area contributed by atoms with E-state index in [4.69, 9.17) is 9.47 Å². The molecule has 1 N–H and O–H groups in total. The lowest BCUT2D eigenvalue weighted by molar-refractivity contribution is -0.129. The fourth-order valence-electron chi connectivity index (χ4n) is 2.45. The molecule has 10 heteroatoms. The fraction of sp³-hybridized carbons (Fsp3) is 0.0952. The molecular weight excluding hydrogens is 404 g/mol. The van der Waals surface area contributed by atoms with Crippen molar-refractivity contribution in [3.63, 3.8) is 0 Å². The highest BCUT2D eigenvalue weighted by Gasteiger charge is 2.30. The van der Waals surface area contributed by atoms with E-state index < -0.39 is 24.0 Å². The van der Waals surface area contributed by atoms with Crippen molar-refractivity contribution in [2.24, 2.45) is 4.99 Å². The molecule has 3 aromatic rings. The van der Waals surface area contributed by atoms with Crippen LogP contribution in [0.15, 0.2) is 84.1 Å². The SMILES string of the molecule is O=C(/N=C(\C(=O)O)N(C(=O)OCc1ccccc1)n1cccn1)OCc1ccccc1. The molecule has 0 aliphatic carbocycles. The van der Waals surface area contributed by atoms with Crippen molar-refractivity contribution >= 4 is 24.0 Å². The van der Waals surface area contributed by atoms with Crippen molar-refractivity contribution in [1.82, 2.24) is 9.89 Å². The molecule has 158 valence electrons. The quantitative estimate of drug-likeness (QED) is 0.495. The van der Waals surface area contributed by atoms with E-state index in [2.05, 4.69) is 10.1 Å². The monoisotopic (exact) mass is 422 g/mol. The summed E-state index contributed by atoms with van der Waals surface area (Å²) in [6.45, 7) is -0.237. The molecule has 2 amide bonds. The molecule has 0 radical (unpaired) electrons. The molecule has 0 spiro atoms. The van der Waals surface area contributed by atoms with Crippen LogP contribution < -0.4 is 5.01 Å². The van der Waals surface area contributed by atoms with Crippen LogP contribution in [-0.2, 0) is 27.5 Å². The second-order valence-corrected chi connectivity index (χ2v) is 6.06. The first kappa shape index (κ1) is 21.2. The van der Waals surface area contributed by atoms with Crippen LogP contribution in [0.4, 0.5) is 9.59 Å². The summed E-state index contributed by atoms with van der Waals surface area (Å²) in [5, 5.41) is 13.9. The van der Waals surface area contributed by atoms with Gasteiger partial charge in [0, 0.05) is 6.20 Å². The molecule has 0 unspecified atom stereocenters. The van der Waals surface area contributed by atoms with E-state index in [9.17, 15) is 19.5 Å². The number of rotatable bonds is 5. The van der Waals surface area contributed by atoms with Crippen molar-refractivity contribution in [2.75, 3.05) is 5.01 Å². The maximum Gasteiger partial charge on any atom is 0.437 e. The minimum absolute atomic E-state index is 0.115. The highest BCUT2D eigenvalue weighted by molar-refractivity contribution is 6.43. The Morgan fingerprint density at radius 3 is 2.00 bits per heavy atom. The molecule has 0 saturated carbocycles. The van der Waals surface area contributed by atoms with E-state index in [-0.39, 0.29) is 13.2 Å². The molecule has 2 aromatic carbocycles. The van der Waals surface area contributed by atoms with E-state index in [0.717, 1.165) is 4.79 Å². The summed E-state index contributed by atoms with van der Waals surface area (Å²) in [4.78, 5) is 40.9. The Morgan fingerprint density at radius 1 is 0.903 bits per heavy atom. The number of nitrogens with zero attached hydrogens (tertiary/aromatic N) is 4. The summed E-state index contributed by atoms with van der Waals surface area (Å²) >= 11 is 0. The van der Waals surface area contributed by atoms with Gasteiger partial charge in [-0.05, 0) is 17.2 Å². The number of aromatic nitrogens is 2. The number of ether oxygens (including phenoxy) is 2. The molecule has 31 heavy (non-hydrogen) atoms. The highest BCUT2D eigenvalue weighted by atomic mass is 16.6. The number of aliphatic carboxylic acids is 1. The van der Waals surface area contributed by atoms with Gasteiger partial charge in [-0.3, -0.25) is 0 Å². The van der Waals surface area contributed by atoms with Crippen molar-refractivity contribution < 1.29 is 29.0 Å². The van der Waals surface area contributed by atoms with E-state index in [1.54, 1.807) is 60.7 Å². The van der Waals surface area contributed by atoms with Crippen LogP contribution >= 0.6 is 0 Å². The van der Waals surface area contributed by atoms with Gasteiger partial charge in [-0.2, -0.15) is 9.89 Å². The number of hydrogen-bond acceptors (Lipinski definition) is 6. The molecule has 10 nitrogen and oxygen atoms in total. The molecule has 0 fully saturated rings. The number of carboxylic acids is 1. The number of benzene rings is 2. The summed E-state index contributed by atoms with van der Waals surface area (Å²) in [7, 11) is 0. The molecule has 0 saturated heterocycles. The lowest BCUT2D eigenvalue weighted by atomic mass is 10.2. The zero-order chi connectivity index (χ0) is 22.1. The number of carboxylic acid groups (broad SMARTS) is 1. The lowest BCUT2D eigenvalue weighted by Crippen LogP contribution is -2.49. The van der Waals surface area contributed by atoms with Crippen molar-refractivity contribution in [1.29, 1.82) is 0 Å². The van der Waals surface area contributed by atoms with E-state index in [1.807, 2.05) is 0 Å². The Balaban J connectivity index is 1.78. The summed E-state index contributed by atoms with van der Waals surface area (Å²) in [6.07, 6.45) is 0.348. The van der Waals surface area contributed by atoms with Gasteiger partial charge in [0.25, 0.3) is 5.84 Å². The molecule has 1 aromatic heterocycles. The summed E-state index contributed by atoms with van der Waals surface area (Å²) < 4.78 is 10.2. The van der Waals surface area contributed by atoms with Crippen molar-refractivity contribution in [3.05, 3.63) is 90.3 Å². The van der Waals surface area contributed by atoms with Gasteiger partial charge in [0.15, 0.2) is 0 Å². The van der Waals surface area contributed by atoms with Gasteiger partial charge in [0.2, 0.25) is 0 Å². The van der Waals surface area contributed by atoms with Gasteiger partial charge < -0.3 is 14.6 Å². The molecule has 0 atom stereocenters. The van der Waals surface area contributed by atoms with Gasteiger partial charge in [-0.1, -0.05) is 60.7 Å². The molecule has 3 rings (SSSR count). The van der Waals surface area contributed by atoms with Gasteiger partial charge in [0.1, 0.15) is 13.2 Å².